The van der Waals surface area contributed by atoms with E-state index >= 15 is 0 Å². The quantitative estimate of drug-likeness (QED) is 0.603. The first-order chi connectivity index (χ1) is 15.5. The molecule has 4 rings (SSSR count). The summed E-state index contributed by atoms with van der Waals surface area (Å²) >= 11 is 1.11. The number of benzene rings is 1. The second kappa shape index (κ2) is 9.99. The number of aryl methyl sites for hydroxylation is 2. The van der Waals surface area contributed by atoms with E-state index in [4.69, 9.17) is 0 Å². The lowest BCUT2D eigenvalue weighted by Crippen LogP contribution is -2.47. The monoisotopic (exact) mass is 449 g/mol. The highest BCUT2D eigenvalue weighted by Gasteiger charge is 2.36. The maximum atomic E-state index is 13.7. The Kier molecular flexibility index (Phi) is 6.90. The summed E-state index contributed by atoms with van der Waals surface area (Å²) in [5, 5.41) is 8.80. The van der Waals surface area contributed by atoms with Gasteiger partial charge in [-0.3, -0.25) is 19.5 Å². The van der Waals surface area contributed by atoms with Crippen molar-refractivity contribution in [1.29, 1.82) is 0 Å². The number of pyridine rings is 1. The predicted octanol–water partition coefficient (Wildman–Crippen LogP) is 4.39. The van der Waals surface area contributed by atoms with Crippen LogP contribution in [0.15, 0.2) is 48.1 Å². The third kappa shape index (κ3) is 4.85. The minimum atomic E-state index is -0.874. The average Bonchev–Trinajstić information content (AvgIpc) is 3.34. The van der Waals surface area contributed by atoms with Crippen LogP contribution in [-0.4, -0.2) is 32.4 Å². The third-order valence-corrected chi connectivity index (χ3v) is 6.37. The molecule has 7 nitrogen and oxygen atoms in total. The van der Waals surface area contributed by atoms with E-state index in [0.717, 1.165) is 48.3 Å². The summed E-state index contributed by atoms with van der Waals surface area (Å²) < 4.78 is 3.86. The van der Waals surface area contributed by atoms with E-state index in [2.05, 4.69) is 19.9 Å². The molecule has 1 aliphatic rings. The summed E-state index contributed by atoms with van der Waals surface area (Å²) in [4.78, 5) is 33.2. The van der Waals surface area contributed by atoms with Crippen molar-refractivity contribution >= 4 is 29.0 Å². The zero-order valence-corrected chi connectivity index (χ0v) is 19.1. The van der Waals surface area contributed by atoms with Crippen LogP contribution in [0.4, 0.5) is 5.69 Å². The Morgan fingerprint density at radius 1 is 1.16 bits per heavy atom. The van der Waals surface area contributed by atoms with Crippen molar-refractivity contribution in [2.75, 3.05) is 4.90 Å². The zero-order valence-electron chi connectivity index (χ0n) is 18.3. The lowest BCUT2D eigenvalue weighted by molar-refractivity contribution is -0.123. The zero-order chi connectivity index (χ0) is 22.5. The van der Waals surface area contributed by atoms with E-state index in [0.29, 0.717) is 11.3 Å². The standard InChI is InChI=1S/C24H27N5O2S/c1-16-10-11-21(17(2)13-16)29(24(31)20-15-32-28-27-20)22(18-7-6-12-25-14-18)23(30)26-19-8-4-3-5-9-19/h6-7,10-15,19,22H,3-5,8-9H2,1-2H3,(H,26,30)/t22-/m1/s1. The number of carbonyl (C=O) groups is 2. The maximum Gasteiger partial charge on any atom is 0.280 e. The largest absolute Gasteiger partial charge is 0.351 e. The molecule has 0 unspecified atom stereocenters. The van der Waals surface area contributed by atoms with Gasteiger partial charge in [0.25, 0.3) is 5.91 Å². The van der Waals surface area contributed by atoms with Gasteiger partial charge in [-0.05, 0) is 55.9 Å². The van der Waals surface area contributed by atoms with Crippen LogP contribution in [-0.2, 0) is 4.79 Å². The Balaban J connectivity index is 1.80. The van der Waals surface area contributed by atoms with Gasteiger partial charge in [0.2, 0.25) is 5.91 Å². The Morgan fingerprint density at radius 3 is 2.62 bits per heavy atom. The number of nitrogens with zero attached hydrogens (tertiary/aromatic N) is 4. The molecule has 0 bridgehead atoms. The molecule has 1 aliphatic carbocycles. The first kappa shape index (κ1) is 22.1. The van der Waals surface area contributed by atoms with Gasteiger partial charge in [-0.15, -0.1) is 5.10 Å². The highest BCUT2D eigenvalue weighted by Crippen LogP contribution is 2.32. The molecular formula is C24H27N5O2S. The lowest BCUT2D eigenvalue weighted by Gasteiger charge is -2.33. The summed E-state index contributed by atoms with van der Waals surface area (Å²) in [6, 6.07) is 8.70. The van der Waals surface area contributed by atoms with E-state index in [-0.39, 0.29) is 23.6 Å². The number of hydrogen-bond acceptors (Lipinski definition) is 6. The van der Waals surface area contributed by atoms with Crippen molar-refractivity contribution < 1.29 is 9.59 Å². The normalized spacial score (nSPS) is 15.2. The van der Waals surface area contributed by atoms with Crippen molar-refractivity contribution in [3.63, 3.8) is 0 Å². The van der Waals surface area contributed by atoms with Gasteiger partial charge >= 0.3 is 0 Å². The van der Waals surface area contributed by atoms with Gasteiger partial charge in [0.05, 0.1) is 0 Å². The van der Waals surface area contributed by atoms with Crippen molar-refractivity contribution in [1.82, 2.24) is 19.9 Å². The van der Waals surface area contributed by atoms with Crippen LogP contribution < -0.4 is 10.2 Å². The Bertz CT molecular complexity index is 1070. The molecule has 1 fully saturated rings. The number of carbonyl (C=O) groups excluding carboxylic acids is 2. The van der Waals surface area contributed by atoms with E-state index in [1.807, 2.05) is 38.1 Å². The number of anilines is 1. The molecule has 0 spiro atoms. The van der Waals surface area contributed by atoms with E-state index in [1.54, 1.807) is 28.7 Å². The minimum Gasteiger partial charge on any atom is -0.351 e. The van der Waals surface area contributed by atoms with Crippen LogP contribution in [0, 0.1) is 13.8 Å². The van der Waals surface area contributed by atoms with Crippen molar-refractivity contribution in [3.05, 3.63) is 70.5 Å². The van der Waals surface area contributed by atoms with Gasteiger partial charge in [0.1, 0.15) is 6.04 Å². The number of hydrogen-bond donors (Lipinski definition) is 1. The second-order valence-electron chi connectivity index (χ2n) is 8.29. The molecule has 1 N–H and O–H groups in total. The Morgan fingerprint density at radius 2 is 1.97 bits per heavy atom. The highest BCUT2D eigenvalue weighted by atomic mass is 32.1. The van der Waals surface area contributed by atoms with E-state index in [9.17, 15) is 9.59 Å². The first-order valence-electron chi connectivity index (χ1n) is 10.9. The van der Waals surface area contributed by atoms with Gasteiger partial charge in [0.15, 0.2) is 5.69 Å². The van der Waals surface area contributed by atoms with Crippen LogP contribution in [0.1, 0.15) is 65.3 Å². The number of rotatable bonds is 6. The van der Waals surface area contributed by atoms with E-state index in [1.165, 1.54) is 6.42 Å². The Labute approximate surface area is 192 Å². The lowest BCUT2D eigenvalue weighted by atomic mass is 9.94. The van der Waals surface area contributed by atoms with Crippen molar-refractivity contribution in [2.45, 2.75) is 58.0 Å². The molecule has 0 aliphatic heterocycles. The third-order valence-electron chi connectivity index (χ3n) is 5.87. The molecule has 1 aromatic carbocycles. The summed E-state index contributed by atoms with van der Waals surface area (Å²) in [5.41, 5.74) is 3.52. The molecule has 3 aromatic rings. The fourth-order valence-corrected chi connectivity index (χ4v) is 4.74. The van der Waals surface area contributed by atoms with Crippen molar-refractivity contribution in [3.8, 4) is 0 Å². The predicted molar refractivity (Wildman–Crippen MR) is 125 cm³/mol. The molecule has 8 heteroatoms. The average molecular weight is 450 g/mol. The summed E-state index contributed by atoms with van der Waals surface area (Å²) in [6.07, 6.45) is 8.63. The van der Waals surface area contributed by atoms with Gasteiger partial charge in [-0.25, -0.2) is 0 Å². The molecule has 1 atom stereocenters. The molecule has 2 heterocycles. The SMILES string of the molecule is Cc1ccc(N(C(=O)c2csnn2)[C@@H](C(=O)NC2CCCCC2)c2cccnc2)c(C)c1. The molecule has 2 amide bonds. The van der Waals surface area contributed by atoms with Gasteiger partial charge in [0, 0.05) is 35.1 Å². The highest BCUT2D eigenvalue weighted by molar-refractivity contribution is 7.03. The first-order valence-corrected chi connectivity index (χ1v) is 11.8. The summed E-state index contributed by atoms with van der Waals surface area (Å²) in [6.45, 7) is 3.95. The summed E-state index contributed by atoms with van der Waals surface area (Å²) in [7, 11) is 0. The van der Waals surface area contributed by atoms with Crippen LogP contribution >= 0.6 is 11.5 Å². The fourth-order valence-electron chi connectivity index (χ4n) is 4.31. The van der Waals surface area contributed by atoms with E-state index < -0.39 is 6.04 Å². The van der Waals surface area contributed by atoms with Crippen LogP contribution in [0.2, 0.25) is 0 Å². The molecule has 166 valence electrons. The number of amides is 2. The van der Waals surface area contributed by atoms with Gasteiger partial charge in [-0.2, -0.15) is 0 Å². The van der Waals surface area contributed by atoms with Crippen LogP contribution in [0.25, 0.3) is 0 Å². The minimum absolute atomic E-state index is 0.118. The molecule has 32 heavy (non-hydrogen) atoms. The molecule has 0 saturated heterocycles. The maximum absolute atomic E-state index is 13.7. The smallest absolute Gasteiger partial charge is 0.280 e. The fraction of sp³-hybridized carbons (Fsp3) is 0.375. The van der Waals surface area contributed by atoms with Crippen molar-refractivity contribution in [2.24, 2.45) is 0 Å². The summed E-state index contributed by atoms with van der Waals surface area (Å²) in [5.74, 6) is -0.570. The second-order valence-corrected chi connectivity index (χ2v) is 8.90. The number of nitrogens with one attached hydrogen (secondary N) is 1. The molecule has 2 aromatic heterocycles. The van der Waals surface area contributed by atoms with Gasteiger partial charge < -0.3 is 5.32 Å². The molecule has 1 saturated carbocycles. The Hall–Kier alpha value is -3.13. The van der Waals surface area contributed by atoms with Crippen LogP contribution in [0.3, 0.4) is 0 Å². The molecular weight excluding hydrogens is 422 g/mol. The van der Waals surface area contributed by atoms with Crippen LogP contribution in [0.5, 0.6) is 0 Å². The number of aromatic nitrogens is 3. The molecule has 0 radical (unpaired) electrons. The topological polar surface area (TPSA) is 88.1 Å². The van der Waals surface area contributed by atoms with Gasteiger partial charge in [-0.1, -0.05) is 47.5 Å².